The topological polar surface area (TPSA) is 21.7 Å². The van der Waals surface area contributed by atoms with Crippen molar-refractivity contribution in [2.45, 2.75) is 97.3 Å². The second-order valence-electron chi connectivity index (χ2n) is 18.2. The van der Waals surface area contributed by atoms with Gasteiger partial charge in [-0.2, -0.15) is 0 Å². The quantitative estimate of drug-likeness (QED) is 0.177. The minimum atomic E-state index is 0.0191. The summed E-state index contributed by atoms with van der Waals surface area (Å²) >= 11 is 0. The number of rotatable bonds is 3. The molecular formula is C46H48BNO2. The fourth-order valence-corrected chi connectivity index (χ4v) is 10.0. The SMILES string of the molecule is CC1(C)Cc2cc3c(cc2C(C)(C)C1)B1c2cc4c(cc2Oc2cc(N(c5ccccc5)c5ccccc5)cc(c21)O3)C(C)(C)CCC4(C)C. The van der Waals surface area contributed by atoms with Crippen molar-refractivity contribution in [3.05, 3.63) is 119 Å². The lowest BCUT2D eigenvalue weighted by Gasteiger charge is -2.45. The van der Waals surface area contributed by atoms with E-state index in [0.29, 0.717) is 0 Å². The van der Waals surface area contributed by atoms with E-state index >= 15 is 0 Å². The number of hydrogen-bond acceptors (Lipinski definition) is 3. The summed E-state index contributed by atoms with van der Waals surface area (Å²) in [6, 6.07) is 35.5. The Morgan fingerprint density at radius 3 is 1.58 bits per heavy atom. The minimum absolute atomic E-state index is 0.0191. The van der Waals surface area contributed by atoms with Crippen LogP contribution in [0.25, 0.3) is 0 Å². The molecule has 0 fully saturated rings. The molecule has 0 spiro atoms. The normalized spacial score (nSPS) is 19.4. The van der Waals surface area contributed by atoms with Gasteiger partial charge in [-0.15, -0.1) is 0 Å². The molecule has 4 heteroatoms. The van der Waals surface area contributed by atoms with E-state index in [1.807, 2.05) is 0 Å². The van der Waals surface area contributed by atoms with Gasteiger partial charge in [0.2, 0.25) is 0 Å². The zero-order valence-electron chi connectivity index (χ0n) is 30.9. The van der Waals surface area contributed by atoms with Crippen molar-refractivity contribution in [1.82, 2.24) is 0 Å². The van der Waals surface area contributed by atoms with E-state index in [9.17, 15) is 0 Å². The van der Waals surface area contributed by atoms with Gasteiger partial charge in [-0.05, 0) is 117 Å². The molecule has 0 amide bonds. The standard InChI is InChI=1S/C46H48BNO2/c1-43(2)27-29-21-38-36(24-33(29)46(7,8)28-43)47-37-25-34-35(45(5,6)20-19-44(34,3)4)26-39(37)50-41-23-32(22-40(49-38)42(41)47)48(30-15-11-9-12-16-30)31-17-13-10-14-18-31/h9-18,21-26H,19-20,27-28H2,1-8H3. The van der Waals surface area contributed by atoms with Gasteiger partial charge in [-0.1, -0.05) is 104 Å². The lowest BCUT2D eigenvalue weighted by atomic mass is 9.34. The average Bonchev–Trinajstić information content (AvgIpc) is 3.06. The first-order chi connectivity index (χ1) is 23.7. The van der Waals surface area contributed by atoms with Gasteiger partial charge in [0.05, 0.1) is 5.69 Å². The summed E-state index contributed by atoms with van der Waals surface area (Å²) in [5, 5.41) is 0. The zero-order chi connectivity index (χ0) is 34.8. The largest absolute Gasteiger partial charge is 0.458 e. The van der Waals surface area contributed by atoms with Crippen molar-refractivity contribution < 1.29 is 9.47 Å². The van der Waals surface area contributed by atoms with Crippen LogP contribution in [0.3, 0.4) is 0 Å². The van der Waals surface area contributed by atoms with Crippen LogP contribution in [0.15, 0.2) is 97.1 Å². The third-order valence-corrected chi connectivity index (χ3v) is 12.3. The van der Waals surface area contributed by atoms with Crippen LogP contribution in [0.2, 0.25) is 0 Å². The van der Waals surface area contributed by atoms with Gasteiger partial charge in [0, 0.05) is 29.0 Å². The number of nitrogens with zero attached hydrogens (tertiary/aromatic N) is 1. The first-order valence-corrected chi connectivity index (χ1v) is 18.5. The molecule has 0 saturated heterocycles. The van der Waals surface area contributed by atoms with E-state index in [0.717, 1.165) is 64.8 Å². The Kier molecular flexibility index (Phi) is 6.65. The van der Waals surface area contributed by atoms with Gasteiger partial charge >= 0.3 is 0 Å². The first-order valence-electron chi connectivity index (χ1n) is 18.5. The Balaban J connectivity index is 1.31. The summed E-state index contributed by atoms with van der Waals surface area (Å²) in [4.78, 5) is 2.31. The molecule has 252 valence electrons. The van der Waals surface area contributed by atoms with Crippen molar-refractivity contribution in [1.29, 1.82) is 0 Å². The molecule has 0 bridgehead atoms. The van der Waals surface area contributed by atoms with Crippen LogP contribution in [0.4, 0.5) is 17.1 Å². The van der Waals surface area contributed by atoms with Crippen LogP contribution in [-0.4, -0.2) is 6.71 Å². The fraction of sp³-hybridized carbons (Fsp3) is 0.348. The van der Waals surface area contributed by atoms with Gasteiger partial charge in [-0.25, -0.2) is 0 Å². The summed E-state index contributed by atoms with van der Waals surface area (Å²) in [6.07, 6.45) is 4.55. The summed E-state index contributed by atoms with van der Waals surface area (Å²) in [5.41, 5.74) is 13.1. The van der Waals surface area contributed by atoms with Crippen LogP contribution in [0.5, 0.6) is 23.0 Å². The lowest BCUT2D eigenvalue weighted by molar-refractivity contribution is 0.231. The molecule has 3 nitrogen and oxygen atoms in total. The highest BCUT2D eigenvalue weighted by Crippen LogP contribution is 2.50. The molecule has 0 saturated carbocycles. The highest BCUT2D eigenvalue weighted by Gasteiger charge is 2.46. The molecule has 50 heavy (non-hydrogen) atoms. The van der Waals surface area contributed by atoms with Crippen molar-refractivity contribution in [2.24, 2.45) is 5.41 Å². The van der Waals surface area contributed by atoms with E-state index in [2.05, 4.69) is 157 Å². The van der Waals surface area contributed by atoms with E-state index in [1.165, 1.54) is 39.6 Å². The molecule has 2 heterocycles. The molecule has 9 rings (SSSR count). The molecule has 5 aromatic carbocycles. The molecule has 0 N–H and O–H groups in total. The Morgan fingerprint density at radius 1 is 0.520 bits per heavy atom. The maximum absolute atomic E-state index is 7.10. The van der Waals surface area contributed by atoms with Crippen molar-refractivity contribution >= 4 is 40.2 Å². The summed E-state index contributed by atoms with van der Waals surface area (Å²) in [5.74, 6) is 3.72. The van der Waals surface area contributed by atoms with Crippen molar-refractivity contribution in [3.63, 3.8) is 0 Å². The van der Waals surface area contributed by atoms with E-state index in [4.69, 9.17) is 9.47 Å². The molecule has 0 radical (unpaired) electrons. The second kappa shape index (κ2) is 10.5. The highest BCUT2D eigenvalue weighted by atomic mass is 16.5. The van der Waals surface area contributed by atoms with Crippen LogP contribution in [0, 0.1) is 5.41 Å². The Bertz CT molecular complexity index is 2140. The Hall–Kier alpha value is -4.44. The molecule has 0 atom stereocenters. The fourth-order valence-electron chi connectivity index (χ4n) is 10.0. The van der Waals surface area contributed by atoms with Crippen LogP contribution < -0.4 is 30.8 Å². The van der Waals surface area contributed by atoms with Gasteiger partial charge in [0.25, 0.3) is 6.71 Å². The van der Waals surface area contributed by atoms with E-state index in [1.54, 1.807) is 0 Å². The lowest BCUT2D eigenvalue weighted by Crippen LogP contribution is -2.58. The molecule has 2 aliphatic heterocycles. The molecule has 2 aliphatic carbocycles. The number of ether oxygens (including phenoxy) is 2. The monoisotopic (exact) mass is 657 g/mol. The maximum atomic E-state index is 7.10. The number of anilines is 3. The maximum Gasteiger partial charge on any atom is 0.260 e. The zero-order valence-corrected chi connectivity index (χ0v) is 30.9. The predicted molar refractivity (Wildman–Crippen MR) is 209 cm³/mol. The van der Waals surface area contributed by atoms with Crippen molar-refractivity contribution in [3.8, 4) is 23.0 Å². The average molecular weight is 658 g/mol. The van der Waals surface area contributed by atoms with Gasteiger partial charge < -0.3 is 14.4 Å². The smallest absolute Gasteiger partial charge is 0.260 e. The van der Waals surface area contributed by atoms with Crippen LogP contribution in [0.1, 0.15) is 96.9 Å². The summed E-state index contributed by atoms with van der Waals surface area (Å²) in [7, 11) is 0. The van der Waals surface area contributed by atoms with Crippen molar-refractivity contribution in [2.75, 3.05) is 4.90 Å². The highest BCUT2D eigenvalue weighted by molar-refractivity contribution is 6.98. The molecule has 5 aromatic rings. The first kappa shape index (κ1) is 31.5. The van der Waals surface area contributed by atoms with E-state index in [-0.39, 0.29) is 28.4 Å². The number of benzene rings is 5. The molecule has 0 unspecified atom stereocenters. The van der Waals surface area contributed by atoms with E-state index < -0.39 is 0 Å². The van der Waals surface area contributed by atoms with Crippen LogP contribution >= 0.6 is 0 Å². The second-order valence-corrected chi connectivity index (χ2v) is 18.2. The molecular weight excluding hydrogens is 609 g/mol. The Labute approximate surface area is 298 Å². The number of para-hydroxylation sites is 2. The summed E-state index contributed by atoms with van der Waals surface area (Å²) in [6.45, 7) is 19.3. The Morgan fingerprint density at radius 2 is 1.02 bits per heavy atom. The third-order valence-electron chi connectivity index (χ3n) is 12.3. The van der Waals surface area contributed by atoms with Gasteiger partial charge in [0.1, 0.15) is 23.0 Å². The third kappa shape index (κ3) is 4.85. The predicted octanol–water partition coefficient (Wildman–Crippen LogP) is 10.5. The minimum Gasteiger partial charge on any atom is -0.458 e. The van der Waals surface area contributed by atoms with Gasteiger partial charge in [0.15, 0.2) is 0 Å². The molecule has 4 aliphatic rings. The summed E-state index contributed by atoms with van der Waals surface area (Å²) < 4.78 is 14.2. The number of hydrogen-bond donors (Lipinski definition) is 0. The van der Waals surface area contributed by atoms with Crippen LogP contribution in [-0.2, 0) is 22.7 Å². The molecule has 0 aromatic heterocycles. The van der Waals surface area contributed by atoms with Gasteiger partial charge in [-0.3, -0.25) is 0 Å². The number of fused-ring (bicyclic) bond motifs is 6.